The molecule has 0 aromatic heterocycles. The normalized spacial score (nSPS) is 15.1. The molecular weight excluding hydrogens is 195 g/mol. The highest BCUT2D eigenvalue weighted by atomic mass is 19.1. The Hall–Kier alpha value is -1.78. The van der Waals surface area contributed by atoms with Gasteiger partial charge in [-0.2, -0.15) is 0 Å². The van der Waals surface area contributed by atoms with Crippen LogP contribution in [0.1, 0.15) is 6.42 Å². The molecule has 0 amide bonds. The first-order valence-corrected chi connectivity index (χ1v) is 4.91. The topological polar surface area (TPSA) is 48.5 Å². The maximum Gasteiger partial charge on any atom is 0.210 e. The largest absolute Gasteiger partial charge is 0.355 e. The van der Waals surface area contributed by atoms with Crippen LogP contribution in [0, 0.1) is 5.82 Å². The molecule has 15 heavy (non-hydrogen) atoms. The molecule has 1 heterocycles. The number of nitrogens with one attached hydrogen (secondary N) is 3. The van der Waals surface area contributed by atoms with Crippen LogP contribution in [0.2, 0.25) is 0 Å². The van der Waals surface area contributed by atoms with Crippen molar-refractivity contribution in [3.63, 3.8) is 0 Å². The Morgan fingerprint density at radius 1 is 1.27 bits per heavy atom. The van der Waals surface area contributed by atoms with Crippen molar-refractivity contribution in [1.29, 1.82) is 0 Å². The predicted octanol–water partition coefficient (Wildman–Crippen LogP) is 1.09. The molecule has 0 radical (unpaired) electrons. The Bertz CT molecular complexity index is 364. The molecule has 0 fully saturated rings. The van der Waals surface area contributed by atoms with Gasteiger partial charge in [-0.05, 0) is 18.6 Å². The smallest absolute Gasteiger partial charge is 0.210 e. The minimum atomic E-state index is -0.290. The molecule has 0 saturated carbocycles. The zero-order chi connectivity index (χ0) is 10.5. The summed E-state index contributed by atoms with van der Waals surface area (Å²) in [5.41, 5.74) is 6.00. The number of hydrogen-bond donors (Lipinski definition) is 3. The number of halogens is 1. The van der Waals surface area contributed by atoms with Crippen molar-refractivity contribution in [3.05, 3.63) is 30.1 Å². The second kappa shape index (κ2) is 4.63. The zero-order valence-corrected chi connectivity index (χ0v) is 8.26. The fourth-order valence-electron chi connectivity index (χ4n) is 1.31. The van der Waals surface area contributed by atoms with Gasteiger partial charge in [0.05, 0.1) is 5.69 Å². The summed E-state index contributed by atoms with van der Waals surface area (Å²) in [6, 6.07) is 6.48. The number of anilines is 1. The van der Waals surface area contributed by atoms with Crippen LogP contribution in [0.25, 0.3) is 0 Å². The van der Waals surface area contributed by atoms with E-state index in [9.17, 15) is 4.39 Å². The lowest BCUT2D eigenvalue weighted by atomic mass is 10.3. The number of guanidine groups is 1. The Kier molecular flexibility index (Phi) is 3.02. The Morgan fingerprint density at radius 3 is 2.87 bits per heavy atom. The summed E-state index contributed by atoms with van der Waals surface area (Å²) in [6.07, 6.45) is 1.03. The Morgan fingerprint density at radius 2 is 2.13 bits per heavy atom. The van der Waals surface area contributed by atoms with Gasteiger partial charge in [0.25, 0.3) is 0 Å². The van der Waals surface area contributed by atoms with Gasteiger partial charge in [-0.3, -0.25) is 15.8 Å². The minimum absolute atomic E-state index is 0.290. The summed E-state index contributed by atoms with van der Waals surface area (Å²) in [4.78, 5) is 4.18. The number of nitrogens with zero attached hydrogens (tertiary/aromatic N) is 1. The standard InChI is InChI=1S/C10H13FN4/c11-8-4-1-2-5-9(8)14-15-10-12-6-3-7-13-10/h1-2,4-5,14H,3,6-7H2,(H2,12,13,15). The summed E-state index contributed by atoms with van der Waals surface area (Å²) in [5, 5.41) is 3.06. The van der Waals surface area contributed by atoms with Gasteiger partial charge >= 0.3 is 0 Å². The van der Waals surface area contributed by atoms with E-state index in [-0.39, 0.29) is 5.82 Å². The van der Waals surface area contributed by atoms with Gasteiger partial charge in [-0.25, -0.2) is 4.39 Å². The summed E-state index contributed by atoms with van der Waals surface area (Å²) in [6.45, 7) is 1.69. The fraction of sp³-hybridized carbons (Fsp3) is 0.300. The van der Waals surface area contributed by atoms with Crippen molar-refractivity contribution in [1.82, 2.24) is 10.7 Å². The predicted molar refractivity (Wildman–Crippen MR) is 58.1 cm³/mol. The number of hydrogen-bond acceptors (Lipinski definition) is 4. The van der Waals surface area contributed by atoms with Crippen molar-refractivity contribution in [2.24, 2.45) is 4.99 Å². The second-order valence-corrected chi connectivity index (χ2v) is 3.24. The maximum absolute atomic E-state index is 13.2. The van der Waals surface area contributed by atoms with Crippen molar-refractivity contribution in [2.75, 3.05) is 18.5 Å². The van der Waals surface area contributed by atoms with Crippen molar-refractivity contribution in [3.8, 4) is 0 Å². The first-order chi connectivity index (χ1) is 7.36. The number of para-hydroxylation sites is 1. The van der Waals surface area contributed by atoms with E-state index < -0.39 is 0 Å². The summed E-state index contributed by atoms with van der Waals surface area (Å²) in [5.74, 6) is 0.367. The lowest BCUT2D eigenvalue weighted by Crippen LogP contribution is -2.43. The Balaban J connectivity index is 1.93. The first-order valence-electron chi connectivity index (χ1n) is 4.91. The van der Waals surface area contributed by atoms with E-state index in [1.165, 1.54) is 6.07 Å². The molecule has 0 atom stereocenters. The van der Waals surface area contributed by atoms with Crippen LogP contribution in [0.15, 0.2) is 29.3 Å². The van der Waals surface area contributed by atoms with Gasteiger partial charge in [0, 0.05) is 13.1 Å². The van der Waals surface area contributed by atoms with Gasteiger partial charge in [-0.15, -0.1) is 0 Å². The SMILES string of the molecule is Fc1ccccc1NNC1=NCCCN1. The zero-order valence-electron chi connectivity index (χ0n) is 8.26. The van der Waals surface area contributed by atoms with Crippen LogP contribution < -0.4 is 16.2 Å². The van der Waals surface area contributed by atoms with E-state index in [1.807, 2.05) is 0 Å². The van der Waals surface area contributed by atoms with Crippen molar-refractivity contribution < 1.29 is 4.39 Å². The molecule has 0 spiro atoms. The monoisotopic (exact) mass is 208 g/mol. The van der Waals surface area contributed by atoms with Crippen LogP contribution in [-0.4, -0.2) is 19.0 Å². The number of hydrazine groups is 1. The number of benzene rings is 1. The minimum Gasteiger partial charge on any atom is -0.355 e. The highest BCUT2D eigenvalue weighted by Crippen LogP contribution is 2.10. The van der Waals surface area contributed by atoms with Crippen molar-refractivity contribution >= 4 is 11.6 Å². The lowest BCUT2D eigenvalue weighted by Gasteiger charge is -2.17. The van der Waals surface area contributed by atoms with Crippen LogP contribution in [0.5, 0.6) is 0 Å². The quantitative estimate of drug-likeness (QED) is 0.638. The van der Waals surface area contributed by atoms with E-state index in [0.717, 1.165) is 19.5 Å². The van der Waals surface area contributed by atoms with E-state index in [1.54, 1.807) is 18.2 Å². The molecule has 1 aromatic carbocycles. The molecule has 1 aliphatic heterocycles. The molecule has 2 rings (SSSR count). The highest BCUT2D eigenvalue weighted by molar-refractivity contribution is 5.81. The summed E-state index contributed by atoms with van der Waals surface area (Å²) in [7, 11) is 0. The molecule has 1 aliphatic rings. The molecule has 5 heteroatoms. The van der Waals surface area contributed by atoms with Gasteiger partial charge in [0.2, 0.25) is 5.96 Å². The molecule has 4 nitrogen and oxygen atoms in total. The number of aliphatic imine (C=N–C) groups is 1. The average molecular weight is 208 g/mol. The Labute approximate surface area is 87.6 Å². The lowest BCUT2D eigenvalue weighted by molar-refractivity contribution is 0.628. The molecule has 0 bridgehead atoms. The third-order valence-electron chi connectivity index (χ3n) is 2.09. The fourth-order valence-corrected chi connectivity index (χ4v) is 1.31. The molecule has 0 aliphatic carbocycles. The number of rotatable bonds is 2. The van der Waals surface area contributed by atoms with Crippen LogP contribution in [0.3, 0.4) is 0 Å². The average Bonchev–Trinajstić information content (AvgIpc) is 2.29. The van der Waals surface area contributed by atoms with Crippen LogP contribution >= 0.6 is 0 Å². The third kappa shape index (κ3) is 2.59. The summed E-state index contributed by atoms with van der Waals surface area (Å²) >= 11 is 0. The van der Waals surface area contributed by atoms with E-state index >= 15 is 0 Å². The third-order valence-corrected chi connectivity index (χ3v) is 2.09. The van der Waals surface area contributed by atoms with Gasteiger partial charge in [0.15, 0.2) is 0 Å². The maximum atomic E-state index is 13.2. The van der Waals surface area contributed by atoms with E-state index in [4.69, 9.17) is 0 Å². The molecule has 0 unspecified atom stereocenters. The summed E-state index contributed by atoms with van der Waals surface area (Å²) < 4.78 is 13.2. The van der Waals surface area contributed by atoms with E-state index in [0.29, 0.717) is 11.6 Å². The van der Waals surface area contributed by atoms with Crippen LogP contribution in [-0.2, 0) is 0 Å². The van der Waals surface area contributed by atoms with Gasteiger partial charge < -0.3 is 5.32 Å². The molecular formula is C10H13FN4. The molecule has 1 aromatic rings. The second-order valence-electron chi connectivity index (χ2n) is 3.24. The van der Waals surface area contributed by atoms with Crippen molar-refractivity contribution in [2.45, 2.75) is 6.42 Å². The van der Waals surface area contributed by atoms with E-state index in [2.05, 4.69) is 21.2 Å². The highest BCUT2D eigenvalue weighted by Gasteiger charge is 2.04. The van der Waals surface area contributed by atoms with Gasteiger partial charge in [0.1, 0.15) is 5.82 Å². The first kappa shape index (κ1) is 9.76. The molecule has 80 valence electrons. The molecule has 3 N–H and O–H groups in total. The van der Waals surface area contributed by atoms with Crippen LogP contribution in [0.4, 0.5) is 10.1 Å². The molecule has 0 saturated heterocycles. The van der Waals surface area contributed by atoms with Gasteiger partial charge in [-0.1, -0.05) is 12.1 Å².